The molecule has 1 aromatic carbocycles. The van der Waals surface area contributed by atoms with Crippen LogP contribution in [0.4, 0.5) is 0 Å². The monoisotopic (exact) mass is 346 g/mol. The number of carbonyl (C=O) groups excluding carboxylic acids is 1. The SMILES string of the molecule is CNC(=O)c1ccccc1S(=O)(=O)c1ccc(CN)s1.Cl. The van der Waals surface area contributed by atoms with E-state index in [2.05, 4.69) is 5.32 Å². The zero-order chi connectivity index (χ0) is 14.8. The molecule has 0 atom stereocenters. The number of hydrogen-bond acceptors (Lipinski definition) is 5. The normalized spacial score (nSPS) is 10.8. The molecule has 0 spiro atoms. The number of benzene rings is 1. The van der Waals surface area contributed by atoms with Crippen LogP contribution in [0, 0.1) is 0 Å². The molecule has 0 radical (unpaired) electrons. The van der Waals surface area contributed by atoms with E-state index in [0.717, 1.165) is 16.2 Å². The second-order valence-electron chi connectivity index (χ2n) is 4.00. The van der Waals surface area contributed by atoms with E-state index < -0.39 is 15.7 Å². The summed E-state index contributed by atoms with van der Waals surface area (Å²) in [6.07, 6.45) is 0. The van der Waals surface area contributed by atoms with Gasteiger partial charge >= 0.3 is 0 Å². The summed E-state index contributed by atoms with van der Waals surface area (Å²) in [7, 11) is -2.25. The van der Waals surface area contributed by atoms with Crippen molar-refractivity contribution in [1.82, 2.24) is 5.32 Å². The summed E-state index contributed by atoms with van der Waals surface area (Å²) >= 11 is 1.12. The Morgan fingerprint density at radius 1 is 1.24 bits per heavy atom. The maximum Gasteiger partial charge on any atom is 0.252 e. The molecule has 114 valence electrons. The summed E-state index contributed by atoms with van der Waals surface area (Å²) in [4.78, 5) is 12.6. The lowest BCUT2D eigenvalue weighted by atomic mass is 10.2. The van der Waals surface area contributed by atoms with Gasteiger partial charge in [0.25, 0.3) is 5.91 Å². The Balaban J connectivity index is 0.00000220. The first-order valence-electron chi connectivity index (χ1n) is 5.85. The van der Waals surface area contributed by atoms with Crippen molar-refractivity contribution in [3.8, 4) is 0 Å². The molecule has 8 heteroatoms. The summed E-state index contributed by atoms with van der Waals surface area (Å²) < 4.78 is 25.4. The zero-order valence-corrected chi connectivity index (χ0v) is 13.6. The third kappa shape index (κ3) is 3.44. The van der Waals surface area contributed by atoms with Crippen LogP contribution in [0.2, 0.25) is 0 Å². The fourth-order valence-electron chi connectivity index (χ4n) is 1.74. The van der Waals surface area contributed by atoms with Crippen molar-refractivity contribution in [2.75, 3.05) is 7.05 Å². The molecule has 1 aromatic heterocycles. The number of carbonyl (C=O) groups is 1. The Hall–Kier alpha value is -1.41. The van der Waals surface area contributed by atoms with Gasteiger partial charge in [-0.25, -0.2) is 8.42 Å². The highest BCUT2D eigenvalue weighted by Crippen LogP contribution is 2.29. The molecule has 0 saturated heterocycles. The minimum absolute atomic E-state index is 0. The molecule has 0 aliphatic heterocycles. The summed E-state index contributed by atoms with van der Waals surface area (Å²) in [5.74, 6) is -0.431. The van der Waals surface area contributed by atoms with E-state index in [-0.39, 0.29) is 33.6 Å². The molecule has 5 nitrogen and oxygen atoms in total. The van der Waals surface area contributed by atoms with Gasteiger partial charge in [-0.1, -0.05) is 12.1 Å². The molecule has 1 heterocycles. The molecule has 2 rings (SSSR count). The summed E-state index contributed by atoms with van der Waals surface area (Å²) in [6.45, 7) is 0.289. The largest absolute Gasteiger partial charge is 0.355 e. The number of amides is 1. The van der Waals surface area contributed by atoms with E-state index >= 15 is 0 Å². The van der Waals surface area contributed by atoms with Gasteiger partial charge < -0.3 is 11.1 Å². The fraction of sp³-hybridized carbons (Fsp3) is 0.154. The minimum atomic E-state index is -3.71. The van der Waals surface area contributed by atoms with Gasteiger partial charge in [0.1, 0.15) is 4.21 Å². The predicted molar refractivity (Wildman–Crippen MR) is 84.7 cm³/mol. The third-order valence-electron chi connectivity index (χ3n) is 2.75. The molecule has 1 amide bonds. The van der Waals surface area contributed by atoms with Crippen LogP contribution in [0.1, 0.15) is 15.2 Å². The predicted octanol–water partition coefficient (Wildman–Crippen LogP) is 1.82. The molecule has 0 aliphatic rings. The zero-order valence-electron chi connectivity index (χ0n) is 11.2. The Kier molecular flexibility index (Phi) is 5.91. The van der Waals surface area contributed by atoms with Crippen LogP contribution in [0.3, 0.4) is 0 Å². The molecular weight excluding hydrogens is 332 g/mol. The fourth-order valence-corrected chi connectivity index (χ4v) is 4.56. The molecule has 0 saturated carbocycles. The van der Waals surface area contributed by atoms with E-state index in [1.807, 2.05) is 0 Å². The lowest BCUT2D eigenvalue weighted by Crippen LogP contribution is -2.20. The number of nitrogens with two attached hydrogens (primary N) is 1. The van der Waals surface area contributed by atoms with E-state index in [1.165, 1.54) is 25.2 Å². The molecule has 0 unspecified atom stereocenters. The van der Waals surface area contributed by atoms with Crippen LogP contribution in [0.15, 0.2) is 45.5 Å². The van der Waals surface area contributed by atoms with Crippen LogP contribution in [-0.4, -0.2) is 21.4 Å². The third-order valence-corrected chi connectivity index (χ3v) is 6.16. The van der Waals surface area contributed by atoms with E-state index in [1.54, 1.807) is 18.2 Å². The van der Waals surface area contributed by atoms with Crippen molar-refractivity contribution < 1.29 is 13.2 Å². The number of rotatable bonds is 4. The van der Waals surface area contributed by atoms with Gasteiger partial charge in [0.05, 0.1) is 10.5 Å². The molecule has 21 heavy (non-hydrogen) atoms. The van der Waals surface area contributed by atoms with Gasteiger partial charge in [-0.15, -0.1) is 23.7 Å². The molecule has 0 aliphatic carbocycles. The smallest absolute Gasteiger partial charge is 0.252 e. The number of halogens is 1. The van der Waals surface area contributed by atoms with E-state index in [9.17, 15) is 13.2 Å². The lowest BCUT2D eigenvalue weighted by Gasteiger charge is -2.07. The summed E-state index contributed by atoms with van der Waals surface area (Å²) in [5.41, 5.74) is 5.63. The van der Waals surface area contributed by atoms with Gasteiger partial charge in [-0.3, -0.25) is 4.79 Å². The van der Waals surface area contributed by atoms with Crippen molar-refractivity contribution >= 4 is 39.5 Å². The van der Waals surface area contributed by atoms with Crippen molar-refractivity contribution in [3.63, 3.8) is 0 Å². The second-order valence-corrected chi connectivity index (χ2v) is 7.32. The topological polar surface area (TPSA) is 89.3 Å². The number of nitrogens with one attached hydrogen (secondary N) is 1. The summed E-state index contributed by atoms with van der Waals surface area (Å²) in [6, 6.07) is 9.34. The van der Waals surface area contributed by atoms with E-state index in [0.29, 0.717) is 0 Å². The number of thiophene rings is 1. The van der Waals surface area contributed by atoms with Gasteiger partial charge in [0, 0.05) is 18.5 Å². The average molecular weight is 347 g/mol. The maximum absolute atomic E-state index is 12.6. The Labute approximate surface area is 133 Å². The van der Waals surface area contributed by atoms with Gasteiger partial charge in [-0.05, 0) is 24.3 Å². The van der Waals surface area contributed by atoms with Crippen molar-refractivity contribution in [1.29, 1.82) is 0 Å². The standard InChI is InChI=1S/C13H14N2O3S2.ClH/c1-15-13(16)10-4-2-3-5-11(10)20(17,18)12-7-6-9(8-14)19-12;/h2-7H,8,14H2,1H3,(H,15,16);1H. The first-order valence-corrected chi connectivity index (χ1v) is 8.15. The first kappa shape index (κ1) is 17.6. The minimum Gasteiger partial charge on any atom is -0.355 e. The molecule has 2 aromatic rings. The number of sulfone groups is 1. The number of hydrogen-bond donors (Lipinski definition) is 2. The van der Waals surface area contributed by atoms with Crippen LogP contribution < -0.4 is 11.1 Å². The molecule has 3 N–H and O–H groups in total. The van der Waals surface area contributed by atoms with Crippen LogP contribution >= 0.6 is 23.7 Å². The van der Waals surface area contributed by atoms with Crippen LogP contribution in [0.5, 0.6) is 0 Å². The van der Waals surface area contributed by atoms with Crippen molar-refractivity contribution in [2.45, 2.75) is 15.6 Å². The lowest BCUT2D eigenvalue weighted by molar-refractivity contribution is 0.0960. The quantitative estimate of drug-likeness (QED) is 0.883. The van der Waals surface area contributed by atoms with Gasteiger partial charge in [0.2, 0.25) is 9.84 Å². The molecule has 0 fully saturated rings. The Morgan fingerprint density at radius 2 is 1.90 bits per heavy atom. The van der Waals surface area contributed by atoms with Crippen molar-refractivity contribution in [3.05, 3.63) is 46.8 Å². The second kappa shape index (κ2) is 7.04. The van der Waals surface area contributed by atoms with Gasteiger partial charge in [0.15, 0.2) is 0 Å². The van der Waals surface area contributed by atoms with Crippen LogP contribution in [0.25, 0.3) is 0 Å². The maximum atomic E-state index is 12.6. The van der Waals surface area contributed by atoms with Crippen LogP contribution in [-0.2, 0) is 16.4 Å². The highest BCUT2D eigenvalue weighted by Gasteiger charge is 2.25. The Morgan fingerprint density at radius 3 is 2.48 bits per heavy atom. The van der Waals surface area contributed by atoms with Crippen molar-refractivity contribution in [2.24, 2.45) is 5.73 Å². The Bertz CT molecular complexity index is 741. The summed E-state index contributed by atoms with van der Waals surface area (Å²) in [5, 5.41) is 2.44. The molecule has 0 bridgehead atoms. The highest BCUT2D eigenvalue weighted by atomic mass is 35.5. The molecular formula is C13H15ClN2O3S2. The van der Waals surface area contributed by atoms with Gasteiger partial charge in [-0.2, -0.15) is 0 Å². The average Bonchev–Trinajstić information content (AvgIpc) is 2.96. The first-order chi connectivity index (χ1) is 9.50. The van der Waals surface area contributed by atoms with E-state index in [4.69, 9.17) is 5.73 Å². The highest BCUT2D eigenvalue weighted by molar-refractivity contribution is 7.93.